The van der Waals surface area contributed by atoms with E-state index in [1.165, 1.54) is 0 Å². The maximum Gasteiger partial charge on any atom is 0.223 e. The normalized spacial score (nSPS) is 21.0. The van der Waals surface area contributed by atoms with E-state index in [1.54, 1.807) is 0 Å². The highest BCUT2D eigenvalue weighted by Gasteiger charge is 2.29. The van der Waals surface area contributed by atoms with E-state index in [-0.39, 0.29) is 23.8 Å². The summed E-state index contributed by atoms with van der Waals surface area (Å²) < 4.78 is 5.78. The van der Waals surface area contributed by atoms with Crippen molar-refractivity contribution in [1.29, 1.82) is 0 Å². The molecule has 1 aliphatic heterocycles. The van der Waals surface area contributed by atoms with E-state index in [9.17, 15) is 9.59 Å². The Kier molecular flexibility index (Phi) is 5.28. The van der Waals surface area contributed by atoms with Gasteiger partial charge < -0.3 is 15.0 Å². The van der Waals surface area contributed by atoms with E-state index < -0.39 is 0 Å². The lowest BCUT2D eigenvalue weighted by molar-refractivity contribution is -0.139. The Labute approximate surface area is 137 Å². The summed E-state index contributed by atoms with van der Waals surface area (Å²) in [5, 5.41) is 2.90. The molecule has 5 nitrogen and oxygen atoms in total. The summed E-state index contributed by atoms with van der Waals surface area (Å²) in [6.07, 6.45) is 3.17. The number of carbonyl (C=O) groups excluding carboxylic acids is 2. The second-order valence-corrected chi connectivity index (χ2v) is 6.28. The topological polar surface area (TPSA) is 58.6 Å². The van der Waals surface area contributed by atoms with E-state index in [4.69, 9.17) is 4.74 Å². The van der Waals surface area contributed by atoms with Gasteiger partial charge in [-0.15, -0.1) is 0 Å². The van der Waals surface area contributed by atoms with Gasteiger partial charge in [-0.05, 0) is 24.8 Å². The fourth-order valence-electron chi connectivity index (χ4n) is 2.84. The minimum Gasteiger partial charge on any atom is -0.370 e. The van der Waals surface area contributed by atoms with Crippen molar-refractivity contribution < 1.29 is 14.3 Å². The molecule has 0 radical (unpaired) electrons. The highest BCUT2D eigenvalue weighted by Crippen LogP contribution is 2.28. The van der Waals surface area contributed by atoms with E-state index in [0.29, 0.717) is 39.1 Å². The average Bonchev–Trinajstić information content (AvgIpc) is 3.44. The van der Waals surface area contributed by atoms with Crippen LogP contribution in [-0.2, 0) is 14.3 Å². The lowest BCUT2D eigenvalue weighted by Gasteiger charge is -2.33. The molecular weight excluding hydrogens is 292 g/mol. The van der Waals surface area contributed by atoms with Crippen LogP contribution >= 0.6 is 0 Å². The maximum atomic E-state index is 12.3. The fraction of sp³-hybridized carbons (Fsp3) is 0.556. The first-order valence-corrected chi connectivity index (χ1v) is 8.46. The summed E-state index contributed by atoms with van der Waals surface area (Å²) in [6.45, 7) is 2.42. The number of ether oxygens (including phenoxy) is 1. The van der Waals surface area contributed by atoms with E-state index in [1.807, 2.05) is 35.2 Å². The van der Waals surface area contributed by atoms with Gasteiger partial charge in [-0.2, -0.15) is 0 Å². The molecule has 3 rings (SSSR count). The first-order chi connectivity index (χ1) is 11.2. The molecule has 0 spiro atoms. The van der Waals surface area contributed by atoms with Crippen molar-refractivity contribution in [1.82, 2.24) is 10.2 Å². The zero-order chi connectivity index (χ0) is 16.1. The van der Waals surface area contributed by atoms with Gasteiger partial charge in [0.25, 0.3) is 0 Å². The number of morpholine rings is 1. The number of rotatable bonds is 6. The Morgan fingerprint density at radius 2 is 2.00 bits per heavy atom. The predicted molar refractivity (Wildman–Crippen MR) is 86.7 cm³/mol. The van der Waals surface area contributed by atoms with E-state index >= 15 is 0 Å². The third kappa shape index (κ3) is 4.55. The second-order valence-electron chi connectivity index (χ2n) is 6.28. The maximum absolute atomic E-state index is 12.3. The first-order valence-electron chi connectivity index (χ1n) is 8.46. The molecule has 1 aromatic carbocycles. The molecule has 0 aromatic heterocycles. The highest BCUT2D eigenvalue weighted by atomic mass is 16.5. The average molecular weight is 316 g/mol. The molecule has 2 aliphatic rings. The molecule has 1 saturated carbocycles. The fourth-order valence-corrected chi connectivity index (χ4v) is 2.84. The summed E-state index contributed by atoms with van der Waals surface area (Å²) in [4.78, 5) is 25.7. The molecule has 1 atom stereocenters. The minimum absolute atomic E-state index is 0.0385. The number of nitrogens with zero attached hydrogens (tertiary/aromatic N) is 1. The molecule has 2 amide bonds. The third-order valence-electron chi connectivity index (χ3n) is 4.41. The standard InChI is InChI=1S/C18H24N2O3/c21-17(7-4-10-19-18(22)15-8-9-15)20-11-12-23-16(13-20)14-5-2-1-3-6-14/h1-3,5-6,15-16H,4,7-13H2,(H,19,22). The molecular formula is C18H24N2O3. The van der Waals surface area contributed by atoms with Crippen LogP contribution in [0.1, 0.15) is 37.4 Å². The lowest BCUT2D eigenvalue weighted by atomic mass is 10.1. The molecule has 1 heterocycles. The van der Waals surface area contributed by atoms with Crippen molar-refractivity contribution in [2.45, 2.75) is 31.8 Å². The number of amides is 2. The van der Waals surface area contributed by atoms with Gasteiger partial charge in [-0.1, -0.05) is 30.3 Å². The number of hydrogen-bond acceptors (Lipinski definition) is 3. The van der Waals surface area contributed by atoms with Gasteiger partial charge in [-0.25, -0.2) is 0 Å². The molecule has 1 aromatic rings. The van der Waals surface area contributed by atoms with Crippen LogP contribution in [0.5, 0.6) is 0 Å². The summed E-state index contributed by atoms with van der Waals surface area (Å²) in [5.41, 5.74) is 1.11. The van der Waals surface area contributed by atoms with Gasteiger partial charge >= 0.3 is 0 Å². The van der Waals surface area contributed by atoms with Gasteiger partial charge in [0.2, 0.25) is 11.8 Å². The van der Waals surface area contributed by atoms with Gasteiger partial charge in [-0.3, -0.25) is 9.59 Å². The number of carbonyl (C=O) groups is 2. The van der Waals surface area contributed by atoms with Crippen molar-refractivity contribution in [3.05, 3.63) is 35.9 Å². The molecule has 1 unspecified atom stereocenters. The van der Waals surface area contributed by atoms with Crippen LogP contribution in [0.15, 0.2) is 30.3 Å². The molecule has 1 aliphatic carbocycles. The van der Waals surface area contributed by atoms with Gasteiger partial charge in [0.1, 0.15) is 6.10 Å². The monoisotopic (exact) mass is 316 g/mol. The Morgan fingerprint density at radius 3 is 2.74 bits per heavy atom. The summed E-state index contributed by atoms with van der Waals surface area (Å²) >= 11 is 0. The Hall–Kier alpha value is -1.88. The Morgan fingerprint density at radius 1 is 1.22 bits per heavy atom. The van der Waals surface area contributed by atoms with Crippen LogP contribution in [0.3, 0.4) is 0 Å². The highest BCUT2D eigenvalue weighted by molar-refractivity contribution is 5.81. The first kappa shape index (κ1) is 16.0. The largest absolute Gasteiger partial charge is 0.370 e. The van der Waals surface area contributed by atoms with Gasteiger partial charge in [0.15, 0.2) is 0 Å². The summed E-state index contributed by atoms with van der Waals surface area (Å²) in [6, 6.07) is 10.0. The number of hydrogen-bond donors (Lipinski definition) is 1. The Balaban J connectivity index is 1.41. The zero-order valence-corrected chi connectivity index (χ0v) is 13.4. The van der Waals surface area contributed by atoms with Gasteiger partial charge in [0, 0.05) is 25.4 Å². The van der Waals surface area contributed by atoms with Crippen LogP contribution in [-0.4, -0.2) is 43.0 Å². The second kappa shape index (κ2) is 7.59. The number of nitrogens with one attached hydrogen (secondary N) is 1. The molecule has 5 heteroatoms. The molecule has 0 bridgehead atoms. The van der Waals surface area contributed by atoms with Gasteiger partial charge in [0.05, 0.1) is 13.2 Å². The van der Waals surface area contributed by atoms with Crippen LogP contribution < -0.4 is 5.32 Å². The van der Waals surface area contributed by atoms with Crippen molar-refractivity contribution in [2.75, 3.05) is 26.2 Å². The predicted octanol–water partition coefficient (Wildman–Crippen LogP) is 1.89. The van der Waals surface area contributed by atoms with Crippen molar-refractivity contribution >= 4 is 11.8 Å². The number of benzene rings is 1. The third-order valence-corrected chi connectivity index (χ3v) is 4.41. The molecule has 23 heavy (non-hydrogen) atoms. The SMILES string of the molecule is O=C(NCCCC(=O)N1CCOC(c2ccccc2)C1)C1CC1. The zero-order valence-electron chi connectivity index (χ0n) is 13.4. The molecule has 2 fully saturated rings. The van der Waals surface area contributed by atoms with Crippen molar-refractivity contribution in [3.8, 4) is 0 Å². The Bertz CT molecular complexity index is 542. The van der Waals surface area contributed by atoms with E-state index in [2.05, 4.69) is 5.32 Å². The van der Waals surface area contributed by atoms with Crippen LogP contribution in [0.2, 0.25) is 0 Å². The molecule has 1 N–H and O–H groups in total. The van der Waals surface area contributed by atoms with Crippen LogP contribution in [0, 0.1) is 5.92 Å². The van der Waals surface area contributed by atoms with Crippen molar-refractivity contribution in [2.24, 2.45) is 5.92 Å². The van der Waals surface area contributed by atoms with E-state index in [0.717, 1.165) is 18.4 Å². The van der Waals surface area contributed by atoms with Crippen LogP contribution in [0.4, 0.5) is 0 Å². The van der Waals surface area contributed by atoms with Crippen molar-refractivity contribution in [3.63, 3.8) is 0 Å². The smallest absolute Gasteiger partial charge is 0.223 e. The molecule has 124 valence electrons. The summed E-state index contributed by atoms with van der Waals surface area (Å²) in [7, 11) is 0. The minimum atomic E-state index is -0.0385. The molecule has 1 saturated heterocycles. The summed E-state index contributed by atoms with van der Waals surface area (Å²) in [5.74, 6) is 0.527. The quantitative estimate of drug-likeness (QED) is 0.816. The van der Waals surface area contributed by atoms with Crippen LogP contribution in [0.25, 0.3) is 0 Å². The lowest BCUT2D eigenvalue weighted by Crippen LogP contribution is -2.42.